The van der Waals surface area contributed by atoms with Gasteiger partial charge in [0, 0.05) is 0 Å². The van der Waals surface area contributed by atoms with Crippen LogP contribution in [-0.4, -0.2) is 22.3 Å². The van der Waals surface area contributed by atoms with Gasteiger partial charge in [-0.15, -0.1) is 17.5 Å². The average Bonchev–Trinajstić information content (AvgIpc) is 1.65. The zero-order chi connectivity index (χ0) is 7.86. The molecule has 0 aromatic heterocycles. The molecule has 0 bridgehead atoms. The molecular formula is C2H9ClN4O3. The predicted octanol–water partition coefficient (Wildman–Crippen LogP) is -1.22. The molecule has 0 aromatic rings. The fraction of sp³-hybridized carbons (Fsp3) is 0. The summed E-state index contributed by atoms with van der Waals surface area (Å²) in [5.74, 6) is 4.42. The lowest BCUT2D eigenvalue weighted by molar-refractivity contribution is 0.137. The third-order valence-electron chi connectivity index (χ3n) is 0.149. The molecule has 0 unspecified atom stereocenters. The molecule has 0 aliphatic heterocycles. The minimum atomic E-state index is -1.83. The number of rotatable bonds is 0. The molecule has 10 heavy (non-hydrogen) atoms. The zero-order valence-electron chi connectivity index (χ0n) is 4.89. The summed E-state index contributed by atoms with van der Waals surface area (Å²) in [6, 6.07) is 0. The van der Waals surface area contributed by atoms with E-state index in [-0.39, 0.29) is 18.4 Å². The fourth-order valence-corrected chi connectivity index (χ4v) is 0. The van der Waals surface area contributed by atoms with Crippen molar-refractivity contribution in [2.75, 3.05) is 0 Å². The van der Waals surface area contributed by atoms with Crippen molar-refractivity contribution >= 4 is 24.5 Å². The first-order valence-electron chi connectivity index (χ1n) is 1.71. The van der Waals surface area contributed by atoms with Crippen LogP contribution in [0.2, 0.25) is 0 Å². The van der Waals surface area contributed by atoms with E-state index in [2.05, 4.69) is 10.9 Å². The number of nitrogens with two attached hydrogens (primary N) is 3. The van der Waals surface area contributed by atoms with Gasteiger partial charge < -0.3 is 27.5 Å². The summed E-state index contributed by atoms with van der Waals surface area (Å²) in [6.07, 6.45) is -1.83. The van der Waals surface area contributed by atoms with E-state index in [1.54, 1.807) is 0 Å². The Morgan fingerprint density at radius 3 is 1.40 bits per heavy atom. The second kappa shape index (κ2) is 10.6. The third kappa shape index (κ3) is 529. The molecule has 0 amide bonds. The van der Waals surface area contributed by atoms with Crippen LogP contribution in [0.5, 0.6) is 0 Å². The first kappa shape index (κ1) is 15.9. The first-order chi connectivity index (χ1) is 4.00. The largest absolute Gasteiger partial charge is 0.503 e. The van der Waals surface area contributed by atoms with E-state index in [0.29, 0.717) is 0 Å². The lowest BCUT2D eigenvalue weighted by Crippen LogP contribution is -2.23. The Hall–Kier alpha value is -1.37. The SMILES string of the molecule is Cl.NN=C(N)N.O=C(O)O. The van der Waals surface area contributed by atoms with Crippen LogP contribution in [0.4, 0.5) is 4.79 Å². The maximum Gasteiger partial charge on any atom is 0.503 e. The molecular weight excluding hydrogens is 164 g/mol. The maximum absolute atomic E-state index is 8.56. The zero-order valence-corrected chi connectivity index (χ0v) is 5.71. The molecule has 0 atom stereocenters. The Bertz CT molecular complexity index is 107. The number of carboxylic acid groups (broad SMARTS) is 2. The summed E-state index contributed by atoms with van der Waals surface area (Å²) in [4.78, 5) is 8.56. The third-order valence-corrected chi connectivity index (χ3v) is 0.149. The quantitative estimate of drug-likeness (QED) is 0.134. The standard InChI is InChI=1S/CH6N4.CH2O3.ClH/c2-1(3)5-4;2-1(3)4;/h4H2,(H4,2,3,5);(H2,2,3,4);1H. The van der Waals surface area contributed by atoms with Crippen molar-refractivity contribution in [1.82, 2.24) is 0 Å². The Morgan fingerprint density at radius 2 is 1.40 bits per heavy atom. The van der Waals surface area contributed by atoms with Gasteiger partial charge in [-0.1, -0.05) is 0 Å². The molecule has 0 aromatic carbocycles. The monoisotopic (exact) mass is 172 g/mol. The van der Waals surface area contributed by atoms with Crippen molar-refractivity contribution in [3.63, 3.8) is 0 Å². The van der Waals surface area contributed by atoms with Crippen LogP contribution in [0.15, 0.2) is 5.10 Å². The van der Waals surface area contributed by atoms with E-state index in [1.165, 1.54) is 0 Å². The van der Waals surface area contributed by atoms with E-state index >= 15 is 0 Å². The van der Waals surface area contributed by atoms with Crippen LogP contribution in [0.25, 0.3) is 0 Å². The van der Waals surface area contributed by atoms with Gasteiger partial charge in [0.05, 0.1) is 0 Å². The highest BCUT2D eigenvalue weighted by Crippen LogP contribution is 1.42. The molecule has 0 heterocycles. The number of halogens is 1. The highest BCUT2D eigenvalue weighted by Gasteiger charge is 1.70. The molecule has 0 saturated heterocycles. The molecule has 0 saturated carbocycles. The summed E-state index contributed by atoms with van der Waals surface area (Å²) >= 11 is 0. The van der Waals surface area contributed by atoms with Gasteiger partial charge in [-0.25, -0.2) is 4.79 Å². The average molecular weight is 173 g/mol. The number of hydrazone groups is 1. The Kier molecular flexibility index (Phi) is 16.8. The molecule has 0 fully saturated rings. The van der Waals surface area contributed by atoms with Gasteiger partial charge in [-0.05, 0) is 0 Å². The Morgan fingerprint density at radius 1 is 1.30 bits per heavy atom. The molecule has 0 radical (unpaired) electrons. The van der Waals surface area contributed by atoms with E-state index in [0.717, 1.165) is 0 Å². The second-order valence-corrected chi connectivity index (χ2v) is 0.837. The van der Waals surface area contributed by atoms with Gasteiger partial charge in [0.15, 0.2) is 0 Å². The molecule has 62 valence electrons. The van der Waals surface area contributed by atoms with Gasteiger partial charge in [-0.2, -0.15) is 0 Å². The minimum absolute atomic E-state index is 0. The maximum atomic E-state index is 8.56. The van der Waals surface area contributed by atoms with Crippen molar-refractivity contribution in [3.8, 4) is 0 Å². The molecule has 8 N–H and O–H groups in total. The van der Waals surface area contributed by atoms with E-state index in [1.807, 2.05) is 0 Å². The van der Waals surface area contributed by atoms with Crippen LogP contribution in [-0.2, 0) is 0 Å². The molecule has 0 aliphatic carbocycles. The van der Waals surface area contributed by atoms with E-state index < -0.39 is 6.16 Å². The van der Waals surface area contributed by atoms with E-state index in [4.69, 9.17) is 26.5 Å². The van der Waals surface area contributed by atoms with Crippen molar-refractivity contribution in [3.05, 3.63) is 0 Å². The number of carbonyl (C=O) groups is 1. The fourth-order valence-electron chi connectivity index (χ4n) is 0. The summed E-state index contributed by atoms with van der Waals surface area (Å²) in [5, 5.41) is 16.8. The van der Waals surface area contributed by atoms with Gasteiger partial charge >= 0.3 is 6.16 Å². The van der Waals surface area contributed by atoms with Gasteiger partial charge in [0.25, 0.3) is 0 Å². The summed E-state index contributed by atoms with van der Waals surface area (Å²) in [5.41, 5.74) is 9.39. The highest BCUT2D eigenvalue weighted by molar-refractivity contribution is 5.85. The van der Waals surface area contributed by atoms with Crippen molar-refractivity contribution in [1.29, 1.82) is 0 Å². The number of guanidine groups is 1. The molecule has 8 heteroatoms. The lowest BCUT2D eigenvalue weighted by atomic mass is 11.1. The van der Waals surface area contributed by atoms with Crippen LogP contribution < -0.4 is 17.3 Å². The summed E-state index contributed by atoms with van der Waals surface area (Å²) < 4.78 is 0. The topological polar surface area (TPSA) is 148 Å². The molecule has 0 spiro atoms. The van der Waals surface area contributed by atoms with Crippen molar-refractivity contribution in [2.24, 2.45) is 22.4 Å². The van der Waals surface area contributed by atoms with Crippen LogP contribution >= 0.6 is 12.4 Å². The number of hydrogen-bond donors (Lipinski definition) is 5. The number of hydrogen-bond acceptors (Lipinski definition) is 3. The first-order valence-corrected chi connectivity index (χ1v) is 1.71. The Labute approximate surface area is 62.9 Å². The predicted molar refractivity (Wildman–Crippen MR) is 37.9 cm³/mol. The van der Waals surface area contributed by atoms with E-state index in [9.17, 15) is 0 Å². The molecule has 0 rings (SSSR count). The van der Waals surface area contributed by atoms with Gasteiger partial charge in [0.1, 0.15) is 0 Å². The van der Waals surface area contributed by atoms with Gasteiger partial charge in [-0.3, -0.25) is 0 Å². The normalized spacial score (nSPS) is 5.60. The Balaban J connectivity index is -0.0000000910. The molecule has 0 aliphatic rings. The van der Waals surface area contributed by atoms with Crippen LogP contribution in [0, 0.1) is 0 Å². The number of nitrogens with zero attached hydrogens (tertiary/aromatic N) is 1. The van der Waals surface area contributed by atoms with Crippen molar-refractivity contribution in [2.45, 2.75) is 0 Å². The van der Waals surface area contributed by atoms with Crippen molar-refractivity contribution < 1.29 is 15.0 Å². The minimum Gasteiger partial charge on any atom is -0.450 e. The second-order valence-electron chi connectivity index (χ2n) is 0.837. The summed E-state index contributed by atoms with van der Waals surface area (Å²) in [7, 11) is 0. The van der Waals surface area contributed by atoms with Crippen LogP contribution in [0.1, 0.15) is 0 Å². The van der Waals surface area contributed by atoms with Crippen LogP contribution in [0.3, 0.4) is 0 Å². The lowest BCUT2D eigenvalue weighted by Gasteiger charge is -1.76. The summed E-state index contributed by atoms with van der Waals surface area (Å²) in [6.45, 7) is 0. The molecule has 7 nitrogen and oxygen atoms in total. The van der Waals surface area contributed by atoms with Gasteiger partial charge in [0.2, 0.25) is 5.96 Å². The highest BCUT2D eigenvalue weighted by atomic mass is 35.5. The smallest absolute Gasteiger partial charge is 0.450 e.